The van der Waals surface area contributed by atoms with E-state index in [0.717, 1.165) is 18.7 Å². The molecule has 1 aliphatic carbocycles. The smallest absolute Gasteiger partial charge is 0.234 e. The Balaban J connectivity index is 1.43. The molecule has 8 heteroatoms. The second kappa shape index (κ2) is 6.91. The lowest BCUT2D eigenvalue weighted by atomic mass is 9.95. The highest BCUT2D eigenvalue weighted by molar-refractivity contribution is 6.25. The van der Waals surface area contributed by atoms with Gasteiger partial charge in [-0.25, -0.2) is 4.98 Å². The molecule has 2 aromatic rings. The molecule has 8 nitrogen and oxygen atoms in total. The summed E-state index contributed by atoms with van der Waals surface area (Å²) in [5.41, 5.74) is 8.23. The van der Waals surface area contributed by atoms with Gasteiger partial charge in [-0.1, -0.05) is 30.3 Å². The highest BCUT2D eigenvalue weighted by atomic mass is 16.2. The molecule has 2 aliphatic heterocycles. The summed E-state index contributed by atoms with van der Waals surface area (Å²) in [6.07, 6.45) is 1.14. The molecule has 1 amide bonds. The van der Waals surface area contributed by atoms with Crippen LogP contribution in [0.3, 0.4) is 0 Å². The molecule has 1 aromatic carbocycles. The minimum atomic E-state index is -0.572. The van der Waals surface area contributed by atoms with Gasteiger partial charge >= 0.3 is 0 Å². The summed E-state index contributed by atoms with van der Waals surface area (Å²) in [5.74, 6) is -0.138. The first kappa shape index (κ1) is 18.7. The van der Waals surface area contributed by atoms with Crippen LogP contribution in [0.5, 0.6) is 0 Å². The van der Waals surface area contributed by atoms with E-state index in [2.05, 4.69) is 10.3 Å². The number of Topliss-reactive ketones (excluding diaryl/α,β-unsaturated/α-hetero) is 2. The minimum Gasteiger partial charge on any atom is -0.368 e. The van der Waals surface area contributed by atoms with Gasteiger partial charge < -0.3 is 15.2 Å². The van der Waals surface area contributed by atoms with Crippen molar-refractivity contribution in [2.24, 2.45) is 5.73 Å². The van der Waals surface area contributed by atoms with Crippen molar-refractivity contribution in [2.45, 2.75) is 38.4 Å². The predicted octanol–water partition coefficient (Wildman–Crippen LogP) is 0.983. The van der Waals surface area contributed by atoms with Crippen LogP contribution in [0.2, 0.25) is 0 Å². The van der Waals surface area contributed by atoms with E-state index in [1.54, 1.807) is 6.92 Å². The van der Waals surface area contributed by atoms with Crippen molar-refractivity contribution in [3.63, 3.8) is 0 Å². The number of carbonyl (C=O) groups is 3. The Morgan fingerprint density at radius 2 is 1.93 bits per heavy atom. The number of imidazole rings is 1. The van der Waals surface area contributed by atoms with Crippen molar-refractivity contribution in [3.05, 3.63) is 64.4 Å². The molecule has 1 saturated heterocycles. The van der Waals surface area contributed by atoms with E-state index in [9.17, 15) is 14.4 Å². The van der Waals surface area contributed by atoms with Gasteiger partial charge in [-0.3, -0.25) is 19.7 Å². The first-order valence-electron chi connectivity index (χ1n) is 10.2. The summed E-state index contributed by atoms with van der Waals surface area (Å²) in [6.45, 7) is 3.86. The first-order chi connectivity index (χ1) is 14.5. The van der Waals surface area contributed by atoms with Crippen LogP contribution in [0.15, 0.2) is 41.6 Å². The third-order valence-electron chi connectivity index (χ3n) is 6.08. The normalized spacial score (nSPS) is 21.0. The summed E-state index contributed by atoms with van der Waals surface area (Å²) < 4.78 is 1.83. The third kappa shape index (κ3) is 2.95. The van der Waals surface area contributed by atoms with Crippen LogP contribution < -0.4 is 11.1 Å². The van der Waals surface area contributed by atoms with Gasteiger partial charge in [0.2, 0.25) is 17.5 Å². The quantitative estimate of drug-likeness (QED) is 0.694. The second-order valence-corrected chi connectivity index (χ2v) is 8.09. The maximum atomic E-state index is 13.0. The molecule has 3 N–H and O–H groups in total. The molecular weight excluding hydrogens is 382 g/mol. The molecule has 154 valence electrons. The highest BCUT2D eigenvalue weighted by Crippen LogP contribution is 2.36. The van der Waals surface area contributed by atoms with E-state index in [4.69, 9.17) is 5.73 Å². The molecule has 0 spiro atoms. The Hall–Kier alpha value is -3.26. The molecule has 1 fully saturated rings. The van der Waals surface area contributed by atoms with Gasteiger partial charge in [0, 0.05) is 25.2 Å². The number of primary amides is 1. The van der Waals surface area contributed by atoms with Gasteiger partial charge in [0.15, 0.2) is 0 Å². The van der Waals surface area contributed by atoms with Crippen LogP contribution in [-0.4, -0.2) is 51.1 Å². The number of nitrogens with one attached hydrogen (secondary N) is 1. The Morgan fingerprint density at radius 1 is 1.20 bits per heavy atom. The van der Waals surface area contributed by atoms with Gasteiger partial charge in [-0.05, 0) is 25.3 Å². The Labute approximate surface area is 173 Å². The molecule has 0 saturated carbocycles. The topological polar surface area (TPSA) is 110 Å². The molecule has 0 bridgehead atoms. The molecule has 3 aliphatic rings. The van der Waals surface area contributed by atoms with E-state index in [1.165, 1.54) is 0 Å². The maximum absolute atomic E-state index is 13.0. The third-order valence-corrected chi connectivity index (χ3v) is 6.08. The lowest BCUT2D eigenvalue weighted by Crippen LogP contribution is -2.44. The molecule has 2 atom stereocenters. The summed E-state index contributed by atoms with van der Waals surface area (Å²) in [4.78, 5) is 44.6. The molecule has 5 rings (SSSR count). The predicted molar refractivity (Wildman–Crippen MR) is 109 cm³/mol. The summed E-state index contributed by atoms with van der Waals surface area (Å²) in [7, 11) is 0. The van der Waals surface area contributed by atoms with Crippen molar-refractivity contribution in [2.75, 3.05) is 13.1 Å². The van der Waals surface area contributed by atoms with Crippen LogP contribution in [0.4, 0.5) is 0 Å². The van der Waals surface area contributed by atoms with Gasteiger partial charge in [0.25, 0.3) is 0 Å². The number of allylic oxidation sites excluding steroid dienone is 2. The SMILES string of the molecule is CC1=C(N2CC2)C(=O)c2nc3n(c2C1=O)CCC3N[C@@H](Cc1ccccc1)C(N)=O. The fourth-order valence-electron chi connectivity index (χ4n) is 4.45. The van der Waals surface area contributed by atoms with Crippen LogP contribution in [0, 0.1) is 0 Å². The number of nitrogens with zero attached hydrogens (tertiary/aromatic N) is 3. The Kier molecular flexibility index (Phi) is 4.32. The number of nitrogens with two attached hydrogens (primary N) is 1. The van der Waals surface area contributed by atoms with Crippen molar-refractivity contribution >= 4 is 17.5 Å². The van der Waals surface area contributed by atoms with Gasteiger partial charge in [-0.2, -0.15) is 0 Å². The second-order valence-electron chi connectivity index (χ2n) is 8.09. The maximum Gasteiger partial charge on any atom is 0.234 e. The number of rotatable bonds is 6. The van der Waals surface area contributed by atoms with Crippen molar-refractivity contribution in [3.8, 4) is 0 Å². The van der Waals surface area contributed by atoms with Gasteiger partial charge in [0.1, 0.15) is 17.2 Å². The number of ketones is 2. The standard InChI is InChI=1S/C22H23N5O3/c1-12-17(26-9-10-26)20(29)16-18(19(12)28)27-8-7-14(22(27)25-16)24-15(21(23)30)11-13-5-3-2-4-6-13/h2-6,14-15,24H,7-11H2,1H3,(H2,23,30)/t14?,15-/m0/s1. The molecule has 30 heavy (non-hydrogen) atoms. The zero-order chi connectivity index (χ0) is 21.0. The van der Waals surface area contributed by atoms with E-state index in [-0.39, 0.29) is 23.3 Å². The fourth-order valence-corrected chi connectivity index (χ4v) is 4.45. The number of hydrogen-bond donors (Lipinski definition) is 2. The number of carbonyl (C=O) groups excluding carboxylic acids is 3. The van der Waals surface area contributed by atoms with E-state index < -0.39 is 11.9 Å². The van der Waals surface area contributed by atoms with E-state index in [0.29, 0.717) is 42.2 Å². The number of benzene rings is 1. The number of hydrogen-bond acceptors (Lipinski definition) is 6. The minimum absolute atomic E-state index is 0.137. The largest absolute Gasteiger partial charge is 0.368 e. The van der Waals surface area contributed by atoms with Crippen molar-refractivity contribution in [1.29, 1.82) is 0 Å². The van der Waals surface area contributed by atoms with Crippen LogP contribution in [0.1, 0.15) is 51.8 Å². The average Bonchev–Trinajstić information content (AvgIpc) is 3.37. The van der Waals surface area contributed by atoms with E-state index in [1.807, 2.05) is 39.8 Å². The lowest BCUT2D eigenvalue weighted by molar-refractivity contribution is -0.120. The van der Waals surface area contributed by atoms with Crippen molar-refractivity contribution in [1.82, 2.24) is 19.8 Å². The monoisotopic (exact) mass is 405 g/mol. The van der Waals surface area contributed by atoms with E-state index >= 15 is 0 Å². The van der Waals surface area contributed by atoms with Crippen LogP contribution >= 0.6 is 0 Å². The Morgan fingerprint density at radius 3 is 2.60 bits per heavy atom. The van der Waals surface area contributed by atoms with Crippen LogP contribution in [-0.2, 0) is 17.8 Å². The summed E-state index contributed by atoms with van der Waals surface area (Å²) in [6, 6.07) is 8.84. The first-order valence-corrected chi connectivity index (χ1v) is 10.2. The zero-order valence-corrected chi connectivity index (χ0v) is 16.7. The summed E-state index contributed by atoms with van der Waals surface area (Å²) >= 11 is 0. The number of aromatic nitrogens is 2. The zero-order valence-electron chi connectivity index (χ0n) is 16.7. The number of fused-ring (bicyclic) bond motifs is 3. The average molecular weight is 405 g/mol. The molecular formula is C22H23N5O3. The Bertz CT molecular complexity index is 1100. The molecule has 1 unspecified atom stereocenters. The molecule has 3 heterocycles. The van der Waals surface area contributed by atoms with Gasteiger partial charge in [0.05, 0.1) is 17.8 Å². The highest BCUT2D eigenvalue weighted by Gasteiger charge is 2.43. The summed E-state index contributed by atoms with van der Waals surface area (Å²) in [5, 5.41) is 3.31. The van der Waals surface area contributed by atoms with Crippen LogP contribution in [0.25, 0.3) is 0 Å². The molecule has 1 aromatic heterocycles. The molecule has 0 radical (unpaired) electrons. The van der Waals surface area contributed by atoms with Crippen molar-refractivity contribution < 1.29 is 14.4 Å². The number of amides is 1. The lowest BCUT2D eigenvalue weighted by Gasteiger charge is -2.20. The van der Waals surface area contributed by atoms with Gasteiger partial charge in [-0.15, -0.1) is 0 Å². The fraction of sp³-hybridized carbons (Fsp3) is 0.364.